The molecule has 0 aliphatic carbocycles. The summed E-state index contributed by atoms with van der Waals surface area (Å²) < 4.78 is 101. The molecule has 1 saturated heterocycles. The van der Waals surface area contributed by atoms with Gasteiger partial charge in [0.2, 0.25) is 23.3 Å². The standard InChI is InChI=1S/C18H16F3N7O2.C12H8F3N5O2.C6H9ClN2.C4H8O/c1-10-8-13(27(3)24-10)9-28-11(2)22-16(25-28)17-23-15(26-30-17)12-4-6-14(7-5-12)29-18(19,20)21;1-6-16-10(19-18-6)11-17-9(20-22-11)7-2-4-8(5-3-7)21-12(13,14)15;1-5-3-6(4-7)9(2)8-5;1-2-4-5-3-1/h4-8H,9H2,1-3H3;2-5H,1H3,(H,16,18,19);3H,4H2,1-2H3;1-4H2. The molecular weight excluding hydrogens is 906 g/mol. The number of aryl methyl sites for hydroxylation is 6. The van der Waals surface area contributed by atoms with E-state index in [0.717, 1.165) is 48.1 Å². The molecule has 7 heterocycles. The number of nitrogens with zero attached hydrogens (tertiary/aromatic N) is 13. The highest BCUT2D eigenvalue weighted by Gasteiger charge is 2.32. The number of aromatic amines is 1. The number of halogens is 7. The molecule has 0 saturated carbocycles. The second-order valence-corrected chi connectivity index (χ2v) is 14.4. The number of alkyl halides is 7. The molecule has 0 radical (unpaired) electrons. The fraction of sp³-hybridized carbons (Fsp3) is 0.350. The summed E-state index contributed by atoms with van der Waals surface area (Å²) in [5.74, 6) is 2.21. The molecule has 8 aromatic rings. The number of hydrogen-bond donors (Lipinski definition) is 1. The Morgan fingerprint density at radius 2 is 1.12 bits per heavy atom. The van der Waals surface area contributed by atoms with E-state index in [1.807, 2.05) is 40.1 Å². The summed E-state index contributed by atoms with van der Waals surface area (Å²) >= 11 is 5.58. The summed E-state index contributed by atoms with van der Waals surface area (Å²) in [5.41, 5.74) is 4.87. The van der Waals surface area contributed by atoms with E-state index >= 15 is 0 Å². The van der Waals surface area contributed by atoms with E-state index < -0.39 is 12.7 Å². The van der Waals surface area contributed by atoms with Gasteiger partial charge in [0, 0.05) is 38.4 Å². The third-order valence-corrected chi connectivity index (χ3v) is 9.13. The van der Waals surface area contributed by atoms with Crippen molar-refractivity contribution in [2.24, 2.45) is 14.1 Å². The fourth-order valence-corrected chi connectivity index (χ4v) is 6.09. The van der Waals surface area contributed by atoms with Crippen LogP contribution in [0.4, 0.5) is 26.3 Å². The zero-order chi connectivity index (χ0) is 47.6. The molecule has 0 atom stereocenters. The molecule has 1 fully saturated rings. The minimum atomic E-state index is -4.75. The van der Waals surface area contributed by atoms with Crippen molar-refractivity contribution in [2.45, 2.75) is 65.7 Å². The Morgan fingerprint density at radius 1 is 0.636 bits per heavy atom. The van der Waals surface area contributed by atoms with Crippen molar-refractivity contribution in [1.82, 2.24) is 69.8 Å². The molecule has 6 aromatic heterocycles. The highest BCUT2D eigenvalue weighted by molar-refractivity contribution is 6.16. The number of hydrogen-bond acceptors (Lipinski definition) is 15. The lowest BCUT2D eigenvalue weighted by Gasteiger charge is -2.08. The van der Waals surface area contributed by atoms with E-state index in [4.69, 9.17) is 25.4 Å². The molecule has 0 spiro atoms. The Hall–Kier alpha value is -7.15. The molecule has 350 valence electrons. The van der Waals surface area contributed by atoms with Gasteiger partial charge in [0.25, 0.3) is 11.8 Å². The molecule has 1 N–H and O–H groups in total. The van der Waals surface area contributed by atoms with E-state index in [2.05, 4.69) is 65.2 Å². The SMILES string of the molecule is C1CCOC1.Cc1cc(CCl)n(C)n1.Cc1cc(Cn2nc(-c3nc(-c4ccc(OC(F)(F)F)cc4)no3)nc2C)n(C)n1.Cc1nc(-c2nc(-c3ccc(OC(F)(F)F)cc3)no2)n[nH]1. The van der Waals surface area contributed by atoms with Crippen LogP contribution in [0.5, 0.6) is 11.5 Å². The Bertz CT molecular complexity index is 2760. The Balaban J connectivity index is 0.000000173. The molecule has 26 heteroatoms. The normalized spacial score (nSPS) is 12.4. The maximum absolute atomic E-state index is 12.3. The van der Waals surface area contributed by atoms with Gasteiger partial charge in [-0.2, -0.15) is 20.2 Å². The summed E-state index contributed by atoms with van der Waals surface area (Å²) in [4.78, 5) is 16.7. The van der Waals surface area contributed by atoms with Crippen molar-refractivity contribution in [3.63, 3.8) is 0 Å². The van der Waals surface area contributed by atoms with Gasteiger partial charge >= 0.3 is 12.7 Å². The van der Waals surface area contributed by atoms with Crippen molar-refractivity contribution in [2.75, 3.05) is 13.2 Å². The second-order valence-electron chi connectivity index (χ2n) is 14.1. The average molecular weight is 947 g/mol. The Morgan fingerprint density at radius 3 is 1.50 bits per heavy atom. The van der Waals surface area contributed by atoms with Crippen LogP contribution in [0.3, 0.4) is 0 Å². The zero-order valence-corrected chi connectivity index (χ0v) is 36.8. The quantitative estimate of drug-likeness (QED) is 0.106. The molecule has 0 amide bonds. The lowest BCUT2D eigenvalue weighted by molar-refractivity contribution is -0.275. The van der Waals surface area contributed by atoms with Crippen LogP contribution in [-0.4, -0.2) is 95.7 Å². The summed E-state index contributed by atoms with van der Waals surface area (Å²) in [7, 11) is 3.75. The monoisotopic (exact) mass is 946 g/mol. The number of H-pyrrole nitrogens is 1. The molecule has 66 heavy (non-hydrogen) atoms. The molecule has 2 aromatic carbocycles. The molecule has 0 bridgehead atoms. The van der Waals surface area contributed by atoms with Crippen LogP contribution in [0.15, 0.2) is 69.7 Å². The van der Waals surface area contributed by atoms with Crippen LogP contribution in [0.2, 0.25) is 0 Å². The first-order chi connectivity index (χ1) is 31.3. The summed E-state index contributed by atoms with van der Waals surface area (Å²) in [6, 6.07) is 14.2. The number of ether oxygens (including phenoxy) is 3. The highest BCUT2D eigenvalue weighted by Crippen LogP contribution is 2.28. The van der Waals surface area contributed by atoms with E-state index in [1.165, 1.54) is 49.2 Å². The van der Waals surface area contributed by atoms with Gasteiger partial charge < -0.3 is 23.3 Å². The van der Waals surface area contributed by atoms with Gasteiger partial charge in [-0.25, -0.2) is 14.6 Å². The molecule has 1 aliphatic heterocycles. The predicted molar refractivity (Wildman–Crippen MR) is 221 cm³/mol. The molecular formula is C40H41ClF6N14O5. The van der Waals surface area contributed by atoms with Crippen molar-refractivity contribution in [3.8, 4) is 57.7 Å². The van der Waals surface area contributed by atoms with Crippen molar-refractivity contribution in [3.05, 3.63) is 95.1 Å². The number of nitrogens with one attached hydrogen (secondary N) is 1. The smallest absolute Gasteiger partial charge is 0.406 e. The maximum Gasteiger partial charge on any atom is 0.573 e. The minimum Gasteiger partial charge on any atom is -0.406 e. The van der Waals surface area contributed by atoms with Gasteiger partial charge in [-0.05, 0) is 101 Å². The lowest BCUT2D eigenvalue weighted by atomic mass is 10.2. The summed E-state index contributed by atoms with van der Waals surface area (Å²) in [6.07, 6.45) is -6.93. The number of aromatic nitrogens is 14. The third kappa shape index (κ3) is 13.9. The van der Waals surface area contributed by atoms with Crippen LogP contribution >= 0.6 is 11.6 Å². The van der Waals surface area contributed by atoms with Gasteiger partial charge in [-0.15, -0.1) is 48.1 Å². The highest BCUT2D eigenvalue weighted by atomic mass is 35.5. The molecule has 0 unspecified atom stereocenters. The first-order valence-electron chi connectivity index (χ1n) is 19.7. The number of benzene rings is 2. The lowest BCUT2D eigenvalue weighted by Crippen LogP contribution is -2.16. The Labute approximate surface area is 376 Å². The van der Waals surface area contributed by atoms with Crippen molar-refractivity contribution >= 4 is 11.6 Å². The van der Waals surface area contributed by atoms with Gasteiger partial charge in [-0.3, -0.25) is 14.5 Å². The van der Waals surface area contributed by atoms with E-state index in [0.29, 0.717) is 35.2 Å². The molecule has 9 rings (SSSR count). The van der Waals surface area contributed by atoms with Gasteiger partial charge in [0.05, 0.1) is 35.2 Å². The average Bonchev–Trinajstić information content (AvgIpc) is 4.11. The molecule has 19 nitrogen and oxygen atoms in total. The van der Waals surface area contributed by atoms with Crippen molar-refractivity contribution < 1.29 is 49.6 Å². The predicted octanol–water partition coefficient (Wildman–Crippen LogP) is 8.29. The van der Waals surface area contributed by atoms with Gasteiger partial charge in [-0.1, -0.05) is 10.3 Å². The topological polar surface area (TPSA) is 213 Å². The van der Waals surface area contributed by atoms with E-state index in [9.17, 15) is 26.3 Å². The van der Waals surface area contributed by atoms with Gasteiger partial charge in [0.15, 0.2) is 0 Å². The molecule has 1 aliphatic rings. The Kier molecular flexibility index (Phi) is 15.5. The van der Waals surface area contributed by atoms with Gasteiger partial charge in [0.1, 0.15) is 23.1 Å². The zero-order valence-electron chi connectivity index (χ0n) is 36.0. The number of rotatable bonds is 9. The van der Waals surface area contributed by atoms with Crippen LogP contribution in [-0.2, 0) is 31.3 Å². The van der Waals surface area contributed by atoms with E-state index in [-0.39, 0.29) is 46.6 Å². The minimum absolute atomic E-state index is 0.101. The first-order valence-corrected chi connectivity index (χ1v) is 20.2. The van der Waals surface area contributed by atoms with Crippen LogP contribution < -0.4 is 9.47 Å². The fourth-order valence-electron chi connectivity index (χ4n) is 5.84. The van der Waals surface area contributed by atoms with Crippen molar-refractivity contribution in [1.29, 1.82) is 0 Å². The van der Waals surface area contributed by atoms with Crippen LogP contribution in [0.1, 0.15) is 47.3 Å². The second kappa shape index (κ2) is 21.2. The maximum atomic E-state index is 12.3. The largest absolute Gasteiger partial charge is 0.573 e. The summed E-state index contributed by atoms with van der Waals surface area (Å²) in [6.45, 7) is 9.85. The van der Waals surface area contributed by atoms with Crippen LogP contribution in [0, 0.1) is 27.7 Å². The summed E-state index contributed by atoms with van der Waals surface area (Å²) in [5, 5.41) is 26.9. The first kappa shape index (κ1) is 48.3. The van der Waals surface area contributed by atoms with Crippen LogP contribution in [0.25, 0.3) is 46.2 Å². The van der Waals surface area contributed by atoms with E-state index in [1.54, 1.807) is 27.9 Å². The third-order valence-electron chi connectivity index (χ3n) is 8.85.